The normalized spacial score (nSPS) is 13.0. The van der Waals surface area contributed by atoms with Crippen LogP contribution >= 0.6 is 11.6 Å². The molecule has 1 nitrogen and oxygen atoms in total. The highest BCUT2D eigenvalue weighted by Crippen LogP contribution is 2.19. The summed E-state index contributed by atoms with van der Waals surface area (Å²) in [6.07, 6.45) is 0. The van der Waals surface area contributed by atoms with Gasteiger partial charge in [-0.1, -0.05) is 17.7 Å². The van der Waals surface area contributed by atoms with E-state index >= 15 is 0 Å². The molecular formula is C9H11ClFN. The van der Waals surface area contributed by atoms with Crippen molar-refractivity contribution < 1.29 is 4.39 Å². The first-order valence-electron chi connectivity index (χ1n) is 3.77. The zero-order valence-corrected chi connectivity index (χ0v) is 7.82. The summed E-state index contributed by atoms with van der Waals surface area (Å²) in [5.41, 5.74) is 0.902. The zero-order valence-electron chi connectivity index (χ0n) is 7.07. The van der Waals surface area contributed by atoms with Gasteiger partial charge in [0.15, 0.2) is 0 Å². The van der Waals surface area contributed by atoms with E-state index in [2.05, 4.69) is 5.32 Å². The van der Waals surface area contributed by atoms with Crippen molar-refractivity contribution in [2.75, 3.05) is 7.05 Å². The van der Waals surface area contributed by atoms with Gasteiger partial charge in [-0.25, -0.2) is 4.39 Å². The monoisotopic (exact) mass is 187 g/mol. The van der Waals surface area contributed by atoms with Crippen molar-refractivity contribution in [2.24, 2.45) is 0 Å². The number of hydrogen-bond donors (Lipinski definition) is 1. The minimum absolute atomic E-state index is 0.150. The van der Waals surface area contributed by atoms with Crippen molar-refractivity contribution in [3.63, 3.8) is 0 Å². The third-order valence-corrected chi connectivity index (χ3v) is 2.18. The van der Waals surface area contributed by atoms with Crippen molar-refractivity contribution in [2.45, 2.75) is 13.0 Å². The van der Waals surface area contributed by atoms with Crippen molar-refractivity contribution in [1.82, 2.24) is 5.32 Å². The third kappa shape index (κ3) is 1.96. The summed E-state index contributed by atoms with van der Waals surface area (Å²) in [5.74, 6) is -0.365. The average molecular weight is 188 g/mol. The highest BCUT2D eigenvalue weighted by molar-refractivity contribution is 6.30. The van der Waals surface area contributed by atoms with E-state index in [1.54, 1.807) is 6.07 Å². The Kier molecular flexibility index (Phi) is 3.06. The van der Waals surface area contributed by atoms with Crippen LogP contribution in [0, 0.1) is 5.82 Å². The molecule has 66 valence electrons. The largest absolute Gasteiger partial charge is 0.313 e. The molecule has 3 heteroatoms. The Bertz CT molecular complexity index is 275. The van der Waals surface area contributed by atoms with Crippen LogP contribution in [0.25, 0.3) is 0 Å². The second-order valence-corrected chi connectivity index (χ2v) is 3.09. The topological polar surface area (TPSA) is 12.0 Å². The third-order valence-electron chi connectivity index (χ3n) is 1.88. The van der Waals surface area contributed by atoms with Crippen molar-refractivity contribution >= 4 is 11.6 Å². The molecule has 12 heavy (non-hydrogen) atoms. The van der Waals surface area contributed by atoms with Crippen LogP contribution in [0.4, 0.5) is 4.39 Å². The van der Waals surface area contributed by atoms with E-state index in [1.165, 1.54) is 6.07 Å². The van der Waals surface area contributed by atoms with E-state index in [4.69, 9.17) is 11.6 Å². The first-order valence-corrected chi connectivity index (χ1v) is 4.15. The van der Waals surface area contributed by atoms with Crippen LogP contribution in [-0.4, -0.2) is 7.05 Å². The standard InChI is InChI=1S/C9H11ClFN/c1-6(12-2)7-3-4-8(10)9(11)5-7/h3-6,12H,1-2H3/t6-/m0/s1. The first-order chi connectivity index (χ1) is 5.65. The van der Waals surface area contributed by atoms with Gasteiger partial charge in [-0.2, -0.15) is 0 Å². The molecule has 0 unspecified atom stereocenters. The minimum atomic E-state index is -0.365. The molecule has 0 amide bonds. The van der Waals surface area contributed by atoms with Gasteiger partial charge in [-0.3, -0.25) is 0 Å². The maximum Gasteiger partial charge on any atom is 0.142 e. The van der Waals surface area contributed by atoms with Gasteiger partial charge in [0.05, 0.1) is 5.02 Å². The molecular weight excluding hydrogens is 177 g/mol. The van der Waals surface area contributed by atoms with Crippen LogP contribution in [0.1, 0.15) is 18.5 Å². The van der Waals surface area contributed by atoms with Crippen LogP contribution < -0.4 is 5.32 Å². The Morgan fingerprint density at radius 2 is 2.17 bits per heavy atom. The highest BCUT2D eigenvalue weighted by Gasteiger charge is 2.05. The highest BCUT2D eigenvalue weighted by atomic mass is 35.5. The molecule has 1 aromatic carbocycles. The number of benzene rings is 1. The lowest BCUT2D eigenvalue weighted by atomic mass is 10.1. The quantitative estimate of drug-likeness (QED) is 0.751. The summed E-state index contributed by atoms with van der Waals surface area (Å²) in [5, 5.41) is 3.19. The molecule has 0 aromatic heterocycles. The predicted molar refractivity (Wildman–Crippen MR) is 48.9 cm³/mol. The van der Waals surface area contributed by atoms with E-state index in [1.807, 2.05) is 20.0 Å². The lowest BCUT2D eigenvalue weighted by molar-refractivity contribution is 0.609. The van der Waals surface area contributed by atoms with Gasteiger partial charge in [-0.05, 0) is 31.7 Å². The van der Waals surface area contributed by atoms with Gasteiger partial charge < -0.3 is 5.32 Å². The average Bonchev–Trinajstić information content (AvgIpc) is 2.08. The van der Waals surface area contributed by atoms with Crippen molar-refractivity contribution in [1.29, 1.82) is 0 Å². The van der Waals surface area contributed by atoms with E-state index in [0.717, 1.165) is 5.56 Å². The van der Waals surface area contributed by atoms with Crippen LogP contribution in [0.15, 0.2) is 18.2 Å². The van der Waals surface area contributed by atoms with Gasteiger partial charge in [0, 0.05) is 6.04 Å². The predicted octanol–water partition coefficient (Wildman–Crippen LogP) is 2.76. The summed E-state index contributed by atoms with van der Waals surface area (Å²) in [4.78, 5) is 0. The van der Waals surface area contributed by atoms with Crippen LogP contribution in [0.3, 0.4) is 0 Å². The van der Waals surface area contributed by atoms with Crippen molar-refractivity contribution in [3.8, 4) is 0 Å². The maximum atomic E-state index is 12.9. The van der Waals surface area contributed by atoms with Gasteiger partial charge in [0.25, 0.3) is 0 Å². The molecule has 1 aromatic rings. The molecule has 0 radical (unpaired) electrons. The fourth-order valence-electron chi connectivity index (χ4n) is 0.948. The SMILES string of the molecule is CN[C@@H](C)c1ccc(Cl)c(F)c1. The minimum Gasteiger partial charge on any atom is -0.313 e. The van der Waals surface area contributed by atoms with Crippen LogP contribution in [-0.2, 0) is 0 Å². The Morgan fingerprint density at radius 3 is 2.67 bits per heavy atom. The summed E-state index contributed by atoms with van der Waals surface area (Å²) in [6, 6.07) is 4.98. The molecule has 0 bridgehead atoms. The Hall–Kier alpha value is -0.600. The Balaban J connectivity index is 2.96. The van der Waals surface area contributed by atoms with E-state index in [-0.39, 0.29) is 16.9 Å². The number of rotatable bonds is 2. The van der Waals surface area contributed by atoms with E-state index in [9.17, 15) is 4.39 Å². The molecule has 0 saturated carbocycles. The van der Waals surface area contributed by atoms with E-state index < -0.39 is 0 Å². The zero-order chi connectivity index (χ0) is 9.14. The Labute approximate surface area is 76.5 Å². The molecule has 1 rings (SSSR count). The molecule has 0 aliphatic heterocycles. The van der Waals surface area contributed by atoms with Gasteiger partial charge >= 0.3 is 0 Å². The van der Waals surface area contributed by atoms with E-state index in [0.29, 0.717) is 0 Å². The molecule has 1 atom stereocenters. The van der Waals surface area contributed by atoms with Crippen LogP contribution in [0.5, 0.6) is 0 Å². The fourth-order valence-corrected chi connectivity index (χ4v) is 1.07. The molecule has 0 aliphatic carbocycles. The first kappa shape index (κ1) is 9.49. The summed E-state index contributed by atoms with van der Waals surface area (Å²) in [6.45, 7) is 1.96. The number of hydrogen-bond acceptors (Lipinski definition) is 1. The number of nitrogens with one attached hydrogen (secondary N) is 1. The maximum absolute atomic E-state index is 12.9. The molecule has 1 N–H and O–H groups in total. The van der Waals surface area contributed by atoms with Gasteiger partial charge in [0.2, 0.25) is 0 Å². The second-order valence-electron chi connectivity index (χ2n) is 2.68. The number of halogens is 2. The Morgan fingerprint density at radius 1 is 1.50 bits per heavy atom. The molecule has 0 spiro atoms. The molecule has 0 aliphatic rings. The van der Waals surface area contributed by atoms with Gasteiger partial charge in [0.1, 0.15) is 5.82 Å². The fraction of sp³-hybridized carbons (Fsp3) is 0.333. The van der Waals surface area contributed by atoms with Gasteiger partial charge in [-0.15, -0.1) is 0 Å². The lowest BCUT2D eigenvalue weighted by Crippen LogP contribution is -2.12. The summed E-state index contributed by atoms with van der Waals surface area (Å²) in [7, 11) is 1.83. The molecule has 0 heterocycles. The molecule has 0 fully saturated rings. The summed E-state index contributed by atoms with van der Waals surface area (Å²) < 4.78 is 12.9. The summed E-state index contributed by atoms with van der Waals surface area (Å²) >= 11 is 5.53. The van der Waals surface area contributed by atoms with Crippen molar-refractivity contribution in [3.05, 3.63) is 34.6 Å². The second kappa shape index (κ2) is 3.87. The smallest absolute Gasteiger partial charge is 0.142 e. The molecule has 0 saturated heterocycles. The lowest BCUT2D eigenvalue weighted by Gasteiger charge is -2.10. The van der Waals surface area contributed by atoms with Crippen LogP contribution in [0.2, 0.25) is 5.02 Å².